The fourth-order valence-corrected chi connectivity index (χ4v) is 7.15. The number of likely N-dealkylation sites (tertiary alicyclic amines) is 1. The Morgan fingerprint density at radius 3 is 2.39 bits per heavy atom. The predicted molar refractivity (Wildman–Crippen MR) is 157 cm³/mol. The largest absolute Gasteiger partial charge is 0.494 e. The highest BCUT2D eigenvalue weighted by Crippen LogP contribution is 2.45. The van der Waals surface area contributed by atoms with Gasteiger partial charge in [-0.2, -0.15) is 0 Å². The Labute approximate surface area is 243 Å². The van der Waals surface area contributed by atoms with E-state index in [1.54, 1.807) is 0 Å². The zero-order valence-corrected chi connectivity index (χ0v) is 24.9. The molecule has 1 saturated carbocycles. The van der Waals surface area contributed by atoms with Crippen LogP contribution in [-0.2, 0) is 23.6 Å². The molecule has 10 heteroatoms. The topological polar surface area (TPSA) is 98.7 Å². The van der Waals surface area contributed by atoms with Crippen molar-refractivity contribution in [1.29, 1.82) is 0 Å². The number of rotatable bonds is 6. The van der Waals surface area contributed by atoms with E-state index in [1.165, 1.54) is 7.11 Å². The minimum Gasteiger partial charge on any atom is -0.453 e. The zero-order valence-electron chi connectivity index (χ0n) is 24.9. The molecule has 9 nitrogen and oxygen atoms in total. The minimum atomic E-state index is -0.620. The summed E-state index contributed by atoms with van der Waals surface area (Å²) in [5.74, 6) is 0.411. The van der Waals surface area contributed by atoms with Crippen molar-refractivity contribution in [3.63, 3.8) is 0 Å². The number of fused-ring (bicyclic) bond motifs is 2. The molecule has 2 bridgehead atoms. The maximum Gasteiger partial charge on any atom is 0.494 e. The molecule has 1 aromatic carbocycles. The molecule has 3 saturated heterocycles. The van der Waals surface area contributed by atoms with Crippen molar-refractivity contribution in [2.75, 3.05) is 20.3 Å². The standard InChI is InChI=1S/C31H42BN3O6/c1-30(2)31(3,4)41-32(40-30)23-9-6-19(7-10-23)22-17-25(33-18-22)27-21-8-11-24(16-21)35(27)28(36)26(34-29(37)38-5)20-12-14-39-15-13-20/h6-7,9-10,18,20-21,24,26-27H,8,11-17H2,1-5H3,(H,34,37)/t21-,24+,26-,27-/m0/s1. The number of allylic oxidation sites excluding steroid dienone is 1. The lowest BCUT2D eigenvalue weighted by Crippen LogP contribution is -2.58. The number of hydrogen-bond acceptors (Lipinski definition) is 7. The SMILES string of the molecule is COC(=O)N[C@H](C(=O)N1[C@@H]2CC[C@@H](C2)[C@H]1C1=NC=C(c2ccc(B3OC(C)(C)C(C)(C)O3)cc2)C1)C1CCOCC1. The summed E-state index contributed by atoms with van der Waals surface area (Å²) in [4.78, 5) is 33.4. The Hall–Kier alpha value is -2.69. The minimum absolute atomic E-state index is 0.0117. The number of carbonyl (C=O) groups excluding carboxylic acids is 2. The Morgan fingerprint density at radius 1 is 1.05 bits per heavy atom. The van der Waals surface area contributed by atoms with Crippen LogP contribution in [0.3, 0.4) is 0 Å². The molecule has 4 atom stereocenters. The van der Waals surface area contributed by atoms with Crippen LogP contribution in [0.5, 0.6) is 0 Å². The third-order valence-electron chi connectivity index (χ3n) is 10.2. The molecule has 0 unspecified atom stereocenters. The Morgan fingerprint density at radius 2 is 1.73 bits per heavy atom. The van der Waals surface area contributed by atoms with Gasteiger partial charge in [0, 0.05) is 37.6 Å². The number of ether oxygens (including phenoxy) is 2. The predicted octanol–water partition coefficient (Wildman–Crippen LogP) is 3.70. The molecule has 220 valence electrons. The van der Waals surface area contributed by atoms with Crippen molar-refractivity contribution >= 4 is 35.9 Å². The summed E-state index contributed by atoms with van der Waals surface area (Å²) in [5.41, 5.74) is 3.52. The molecule has 1 N–H and O–H groups in total. The molecule has 0 spiro atoms. The van der Waals surface area contributed by atoms with Gasteiger partial charge in [0.1, 0.15) is 6.04 Å². The van der Waals surface area contributed by atoms with Gasteiger partial charge in [0.2, 0.25) is 5.91 Å². The van der Waals surface area contributed by atoms with Crippen LogP contribution < -0.4 is 10.8 Å². The van der Waals surface area contributed by atoms with E-state index >= 15 is 0 Å². The second kappa shape index (κ2) is 10.9. The Bertz CT molecular complexity index is 1220. The van der Waals surface area contributed by atoms with Crippen molar-refractivity contribution in [3.05, 3.63) is 36.0 Å². The molecule has 2 amide bonds. The van der Waals surface area contributed by atoms with Crippen molar-refractivity contribution in [3.8, 4) is 0 Å². The molecule has 1 aromatic rings. The molecule has 0 radical (unpaired) electrons. The van der Waals surface area contributed by atoms with Crippen molar-refractivity contribution in [2.45, 2.75) is 95.5 Å². The summed E-state index contributed by atoms with van der Waals surface area (Å²) in [7, 11) is 0.943. The highest BCUT2D eigenvalue weighted by atomic mass is 16.7. The summed E-state index contributed by atoms with van der Waals surface area (Å²) in [6.45, 7) is 9.44. The number of carbonyl (C=O) groups is 2. The lowest BCUT2D eigenvalue weighted by Gasteiger charge is -2.40. The van der Waals surface area contributed by atoms with Crippen molar-refractivity contribution < 1.29 is 28.4 Å². The quantitative estimate of drug-likeness (QED) is 0.531. The van der Waals surface area contributed by atoms with Gasteiger partial charge in [0.15, 0.2) is 0 Å². The number of hydrogen-bond donors (Lipinski definition) is 1. The smallest absolute Gasteiger partial charge is 0.453 e. The first-order chi connectivity index (χ1) is 19.6. The first-order valence-electron chi connectivity index (χ1n) is 15.0. The fourth-order valence-electron chi connectivity index (χ4n) is 7.15. The second-order valence-corrected chi connectivity index (χ2v) is 13.1. The molecule has 6 rings (SSSR count). The third-order valence-corrected chi connectivity index (χ3v) is 10.2. The Balaban J connectivity index is 1.16. The summed E-state index contributed by atoms with van der Waals surface area (Å²) in [6.07, 6.45) is 6.66. The maximum absolute atomic E-state index is 14.2. The molecule has 5 aliphatic rings. The number of piperidine rings is 1. The van der Waals surface area contributed by atoms with Gasteiger partial charge in [-0.05, 0) is 88.2 Å². The van der Waals surface area contributed by atoms with E-state index in [9.17, 15) is 9.59 Å². The van der Waals surface area contributed by atoms with Gasteiger partial charge in [-0.15, -0.1) is 0 Å². The van der Waals surface area contributed by atoms with Gasteiger partial charge in [-0.25, -0.2) is 4.79 Å². The van der Waals surface area contributed by atoms with Crippen LogP contribution in [0.25, 0.3) is 5.57 Å². The highest BCUT2D eigenvalue weighted by molar-refractivity contribution is 6.62. The number of nitrogens with zero attached hydrogens (tertiary/aromatic N) is 2. The Kier molecular flexibility index (Phi) is 7.53. The summed E-state index contributed by atoms with van der Waals surface area (Å²) in [6, 6.07) is 7.88. The molecule has 4 heterocycles. The molecule has 4 fully saturated rings. The van der Waals surface area contributed by atoms with E-state index in [0.717, 1.165) is 54.4 Å². The van der Waals surface area contributed by atoms with Gasteiger partial charge in [0.05, 0.1) is 24.4 Å². The van der Waals surface area contributed by atoms with Crippen LogP contribution in [0.1, 0.15) is 71.8 Å². The van der Waals surface area contributed by atoms with Crippen LogP contribution in [0.4, 0.5) is 4.79 Å². The van der Waals surface area contributed by atoms with E-state index < -0.39 is 19.3 Å². The zero-order chi connectivity index (χ0) is 28.9. The normalized spacial score (nSPS) is 29.3. The summed E-state index contributed by atoms with van der Waals surface area (Å²) >= 11 is 0. The highest BCUT2D eigenvalue weighted by Gasteiger charge is 2.53. The van der Waals surface area contributed by atoms with E-state index in [4.69, 9.17) is 23.8 Å². The van der Waals surface area contributed by atoms with E-state index in [1.807, 2.05) is 6.20 Å². The van der Waals surface area contributed by atoms with Gasteiger partial charge in [-0.3, -0.25) is 9.79 Å². The first-order valence-corrected chi connectivity index (χ1v) is 15.0. The molecule has 4 aliphatic heterocycles. The molecular formula is C31H42BN3O6. The number of benzene rings is 1. The summed E-state index contributed by atoms with van der Waals surface area (Å²) in [5, 5.41) is 2.88. The van der Waals surface area contributed by atoms with Gasteiger partial charge in [0.25, 0.3) is 0 Å². The van der Waals surface area contributed by atoms with Gasteiger partial charge < -0.3 is 29.0 Å². The van der Waals surface area contributed by atoms with Crippen LogP contribution >= 0.6 is 0 Å². The number of alkyl carbamates (subject to hydrolysis) is 1. The first kappa shape index (κ1) is 28.4. The monoisotopic (exact) mass is 563 g/mol. The maximum atomic E-state index is 14.2. The number of amides is 2. The number of nitrogens with one attached hydrogen (secondary N) is 1. The van der Waals surface area contributed by atoms with Crippen molar-refractivity contribution in [1.82, 2.24) is 10.2 Å². The molecule has 41 heavy (non-hydrogen) atoms. The second-order valence-electron chi connectivity index (χ2n) is 13.1. The molecular weight excluding hydrogens is 521 g/mol. The number of aliphatic imine (C=N–C) groups is 1. The van der Waals surface area contributed by atoms with Gasteiger partial charge >= 0.3 is 13.2 Å². The average Bonchev–Trinajstić information content (AvgIpc) is 3.75. The third kappa shape index (κ3) is 5.23. The average molecular weight is 564 g/mol. The van der Waals surface area contributed by atoms with E-state index in [-0.39, 0.29) is 35.1 Å². The van der Waals surface area contributed by atoms with Crippen LogP contribution in [0.2, 0.25) is 0 Å². The summed E-state index contributed by atoms with van der Waals surface area (Å²) < 4.78 is 22.9. The molecule has 0 aromatic heterocycles. The lowest BCUT2D eigenvalue weighted by molar-refractivity contribution is -0.138. The number of methoxy groups -OCH3 is 1. The van der Waals surface area contributed by atoms with Crippen LogP contribution in [0, 0.1) is 11.8 Å². The van der Waals surface area contributed by atoms with Crippen LogP contribution in [0.15, 0.2) is 35.5 Å². The van der Waals surface area contributed by atoms with Gasteiger partial charge in [-0.1, -0.05) is 24.3 Å². The van der Waals surface area contributed by atoms with Crippen LogP contribution in [-0.4, -0.2) is 79.4 Å². The molecule has 1 aliphatic carbocycles. The van der Waals surface area contributed by atoms with Crippen molar-refractivity contribution in [2.24, 2.45) is 16.8 Å². The van der Waals surface area contributed by atoms with E-state index in [0.29, 0.717) is 25.6 Å². The van der Waals surface area contributed by atoms with E-state index in [2.05, 4.69) is 62.2 Å². The fraction of sp³-hybridized carbons (Fsp3) is 0.645. The lowest BCUT2D eigenvalue weighted by atomic mass is 9.78.